The van der Waals surface area contributed by atoms with Crippen LogP contribution in [-0.4, -0.2) is 17.4 Å². The molecule has 1 aromatic carbocycles. The molecule has 25 heavy (non-hydrogen) atoms. The van der Waals surface area contributed by atoms with Crippen LogP contribution in [0.5, 0.6) is 0 Å². The highest BCUT2D eigenvalue weighted by Gasteiger charge is 2.43. The minimum Gasteiger partial charge on any atom is -0.307 e. The van der Waals surface area contributed by atoms with E-state index in [1.807, 2.05) is 4.90 Å². The Hall–Kier alpha value is -1.87. The van der Waals surface area contributed by atoms with E-state index in [9.17, 15) is 4.79 Å². The Morgan fingerprint density at radius 1 is 1.20 bits per heavy atom. The molecule has 0 atom stereocenters. The van der Waals surface area contributed by atoms with Gasteiger partial charge in [0, 0.05) is 29.4 Å². The summed E-state index contributed by atoms with van der Waals surface area (Å²) < 4.78 is 0. The van der Waals surface area contributed by atoms with Gasteiger partial charge in [-0.3, -0.25) is 4.79 Å². The minimum atomic E-state index is 0.00323. The van der Waals surface area contributed by atoms with E-state index in [4.69, 9.17) is 11.6 Å². The maximum atomic E-state index is 13.2. The first-order valence-corrected chi connectivity index (χ1v) is 9.43. The number of aryl methyl sites for hydroxylation is 1. The predicted molar refractivity (Wildman–Crippen MR) is 104 cm³/mol. The lowest BCUT2D eigenvalue weighted by molar-refractivity contribution is 0.0983. The first-order chi connectivity index (χ1) is 12.0. The number of halogens is 1. The standard InChI is InChI=1S/C21H25ClN2O/c1-4-9-21(10-5-2)14-24(18-7-6-15(3)12-17(18)21)20(25)16-8-11-23-19(22)13-16/h6-8,11-13H,4-5,9-10,14H2,1-3H3. The zero-order chi connectivity index (χ0) is 18.0. The lowest BCUT2D eigenvalue weighted by Gasteiger charge is -2.30. The van der Waals surface area contributed by atoms with Crippen molar-refractivity contribution in [3.63, 3.8) is 0 Å². The number of amides is 1. The van der Waals surface area contributed by atoms with Crippen molar-refractivity contribution in [3.05, 3.63) is 58.4 Å². The van der Waals surface area contributed by atoms with Crippen molar-refractivity contribution in [2.45, 2.75) is 51.9 Å². The molecule has 0 fully saturated rings. The fraction of sp³-hybridized carbons (Fsp3) is 0.429. The van der Waals surface area contributed by atoms with E-state index in [1.165, 1.54) is 11.1 Å². The zero-order valence-corrected chi connectivity index (χ0v) is 15.9. The Morgan fingerprint density at radius 2 is 1.92 bits per heavy atom. The summed E-state index contributed by atoms with van der Waals surface area (Å²) in [5.74, 6) is 0.00323. The molecule has 2 aromatic rings. The summed E-state index contributed by atoms with van der Waals surface area (Å²) in [6, 6.07) is 9.84. The molecule has 0 unspecified atom stereocenters. The topological polar surface area (TPSA) is 33.2 Å². The molecule has 0 N–H and O–H groups in total. The van der Waals surface area contributed by atoms with Crippen LogP contribution in [0.2, 0.25) is 5.15 Å². The van der Waals surface area contributed by atoms with Gasteiger partial charge in [-0.15, -0.1) is 0 Å². The van der Waals surface area contributed by atoms with E-state index in [2.05, 4.69) is 44.0 Å². The van der Waals surface area contributed by atoms with Crippen LogP contribution >= 0.6 is 11.6 Å². The molecule has 1 aliphatic heterocycles. The lowest BCUT2D eigenvalue weighted by Crippen LogP contribution is -2.37. The quantitative estimate of drug-likeness (QED) is 0.659. The van der Waals surface area contributed by atoms with Crippen molar-refractivity contribution < 1.29 is 4.79 Å². The highest BCUT2D eigenvalue weighted by molar-refractivity contribution is 6.29. The number of pyridine rings is 1. The van der Waals surface area contributed by atoms with Gasteiger partial charge in [-0.1, -0.05) is 56.0 Å². The number of nitrogens with zero attached hydrogens (tertiary/aromatic N) is 2. The molecule has 2 heterocycles. The third-order valence-corrected chi connectivity index (χ3v) is 5.36. The van der Waals surface area contributed by atoms with E-state index < -0.39 is 0 Å². The summed E-state index contributed by atoms with van der Waals surface area (Å²) in [6.45, 7) is 7.31. The summed E-state index contributed by atoms with van der Waals surface area (Å²) in [6.07, 6.45) is 6.00. The third kappa shape index (κ3) is 3.30. The van der Waals surface area contributed by atoms with Gasteiger partial charge in [-0.2, -0.15) is 0 Å². The summed E-state index contributed by atoms with van der Waals surface area (Å²) in [7, 11) is 0. The second-order valence-corrected chi connectivity index (χ2v) is 7.45. The van der Waals surface area contributed by atoms with Crippen LogP contribution in [0.25, 0.3) is 0 Å². The number of fused-ring (bicyclic) bond motifs is 1. The summed E-state index contributed by atoms with van der Waals surface area (Å²) in [4.78, 5) is 19.1. The molecule has 1 aliphatic rings. The Morgan fingerprint density at radius 3 is 2.56 bits per heavy atom. The second kappa shape index (κ2) is 7.17. The summed E-state index contributed by atoms with van der Waals surface area (Å²) in [5, 5.41) is 0.350. The van der Waals surface area contributed by atoms with Crippen LogP contribution < -0.4 is 4.90 Å². The fourth-order valence-electron chi connectivity index (χ4n) is 4.17. The number of aromatic nitrogens is 1. The molecule has 4 heteroatoms. The molecule has 0 saturated carbocycles. The predicted octanol–water partition coefficient (Wildman–Crippen LogP) is 5.54. The number of benzene rings is 1. The number of hydrogen-bond donors (Lipinski definition) is 0. The highest BCUT2D eigenvalue weighted by Crippen LogP contribution is 2.47. The maximum Gasteiger partial charge on any atom is 0.258 e. The van der Waals surface area contributed by atoms with Gasteiger partial charge in [0.05, 0.1) is 0 Å². The molecular formula is C21H25ClN2O. The molecule has 3 nitrogen and oxygen atoms in total. The number of carbonyl (C=O) groups is 1. The van der Waals surface area contributed by atoms with Crippen molar-refractivity contribution in [2.75, 3.05) is 11.4 Å². The zero-order valence-electron chi connectivity index (χ0n) is 15.2. The molecular weight excluding hydrogens is 332 g/mol. The first-order valence-electron chi connectivity index (χ1n) is 9.05. The maximum absolute atomic E-state index is 13.2. The van der Waals surface area contributed by atoms with Gasteiger partial charge in [0.15, 0.2) is 0 Å². The Balaban J connectivity index is 2.07. The van der Waals surface area contributed by atoms with E-state index in [0.29, 0.717) is 10.7 Å². The van der Waals surface area contributed by atoms with Crippen molar-refractivity contribution in [2.24, 2.45) is 0 Å². The Bertz CT molecular complexity index is 781. The van der Waals surface area contributed by atoms with Crippen LogP contribution in [-0.2, 0) is 5.41 Å². The van der Waals surface area contributed by atoms with E-state index in [1.54, 1.807) is 18.3 Å². The van der Waals surface area contributed by atoms with Gasteiger partial charge < -0.3 is 4.90 Å². The molecule has 0 aliphatic carbocycles. The third-order valence-electron chi connectivity index (χ3n) is 5.15. The normalized spacial score (nSPS) is 15.3. The Kier molecular flexibility index (Phi) is 5.14. The molecule has 0 saturated heterocycles. The van der Waals surface area contributed by atoms with Gasteiger partial charge in [0.2, 0.25) is 0 Å². The van der Waals surface area contributed by atoms with Crippen LogP contribution in [0, 0.1) is 6.92 Å². The van der Waals surface area contributed by atoms with E-state index in [-0.39, 0.29) is 11.3 Å². The monoisotopic (exact) mass is 356 g/mol. The molecule has 0 radical (unpaired) electrons. The van der Waals surface area contributed by atoms with Crippen molar-refractivity contribution in [1.29, 1.82) is 0 Å². The molecule has 0 spiro atoms. The van der Waals surface area contributed by atoms with Crippen molar-refractivity contribution >= 4 is 23.2 Å². The summed E-state index contributed by atoms with van der Waals surface area (Å²) in [5.41, 5.74) is 4.26. The van der Waals surface area contributed by atoms with Gasteiger partial charge in [0.1, 0.15) is 5.15 Å². The van der Waals surface area contributed by atoms with E-state index in [0.717, 1.165) is 37.9 Å². The van der Waals surface area contributed by atoms with Crippen molar-refractivity contribution in [3.8, 4) is 0 Å². The smallest absolute Gasteiger partial charge is 0.258 e. The highest BCUT2D eigenvalue weighted by atomic mass is 35.5. The number of rotatable bonds is 5. The molecule has 1 amide bonds. The lowest BCUT2D eigenvalue weighted by atomic mass is 9.74. The van der Waals surface area contributed by atoms with Crippen LogP contribution in [0.15, 0.2) is 36.5 Å². The first kappa shape index (κ1) is 17.9. The van der Waals surface area contributed by atoms with Crippen molar-refractivity contribution in [1.82, 2.24) is 4.98 Å². The van der Waals surface area contributed by atoms with Crippen LogP contribution in [0.3, 0.4) is 0 Å². The fourth-order valence-corrected chi connectivity index (χ4v) is 4.34. The summed E-state index contributed by atoms with van der Waals surface area (Å²) >= 11 is 5.99. The average Bonchev–Trinajstić information content (AvgIpc) is 2.89. The van der Waals surface area contributed by atoms with Gasteiger partial charge >= 0.3 is 0 Å². The van der Waals surface area contributed by atoms with Crippen LogP contribution in [0.1, 0.15) is 61.0 Å². The molecule has 1 aromatic heterocycles. The van der Waals surface area contributed by atoms with Gasteiger partial charge in [-0.05, 0) is 43.5 Å². The number of carbonyl (C=O) groups excluding carboxylic acids is 1. The SMILES string of the molecule is CCCC1(CCC)CN(C(=O)c2ccnc(Cl)c2)c2ccc(C)cc21. The second-order valence-electron chi connectivity index (χ2n) is 7.06. The Labute approximate surface area is 155 Å². The largest absolute Gasteiger partial charge is 0.307 e. The average molecular weight is 357 g/mol. The molecule has 3 rings (SSSR count). The van der Waals surface area contributed by atoms with Crippen LogP contribution in [0.4, 0.5) is 5.69 Å². The minimum absolute atomic E-state index is 0.00323. The van der Waals surface area contributed by atoms with E-state index >= 15 is 0 Å². The number of anilines is 1. The number of hydrogen-bond acceptors (Lipinski definition) is 2. The van der Waals surface area contributed by atoms with Gasteiger partial charge in [0.25, 0.3) is 5.91 Å². The molecule has 132 valence electrons. The molecule has 0 bridgehead atoms. The van der Waals surface area contributed by atoms with Gasteiger partial charge in [-0.25, -0.2) is 4.98 Å².